The van der Waals surface area contributed by atoms with Gasteiger partial charge in [-0.25, -0.2) is 9.18 Å². The summed E-state index contributed by atoms with van der Waals surface area (Å²) in [5, 5.41) is 3.04. The number of carbonyl (C=O) groups excluding carboxylic acids is 1. The fourth-order valence-electron chi connectivity index (χ4n) is 4.10. The zero-order valence-electron chi connectivity index (χ0n) is 15.2. The number of likely N-dealkylation sites (tertiary alicyclic amines) is 2. The molecule has 0 radical (unpaired) electrons. The number of nitrogens with one attached hydrogen (secondary N) is 1. The van der Waals surface area contributed by atoms with Crippen LogP contribution in [0, 0.1) is 5.82 Å². The van der Waals surface area contributed by atoms with Crippen molar-refractivity contribution in [1.29, 1.82) is 0 Å². The van der Waals surface area contributed by atoms with Gasteiger partial charge < -0.3 is 15.1 Å². The Kier molecular flexibility index (Phi) is 6.29. The fraction of sp³-hybridized carbons (Fsp3) is 0.650. The molecule has 0 saturated carbocycles. The Morgan fingerprint density at radius 3 is 2.68 bits per heavy atom. The van der Waals surface area contributed by atoms with E-state index in [0.717, 1.165) is 25.9 Å². The van der Waals surface area contributed by atoms with Crippen molar-refractivity contribution in [3.8, 4) is 0 Å². The number of hydrogen-bond acceptors (Lipinski definition) is 2. The van der Waals surface area contributed by atoms with Gasteiger partial charge in [0.2, 0.25) is 0 Å². The number of rotatable bonds is 4. The maximum Gasteiger partial charge on any atom is 0.317 e. The molecule has 0 aliphatic carbocycles. The Morgan fingerprint density at radius 2 is 1.92 bits per heavy atom. The van der Waals surface area contributed by atoms with Crippen LogP contribution in [-0.4, -0.2) is 54.1 Å². The molecule has 1 N–H and O–H groups in total. The fourth-order valence-corrected chi connectivity index (χ4v) is 4.10. The van der Waals surface area contributed by atoms with Gasteiger partial charge in [0.05, 0.1) is 0 Å². The molecule has 4 nitrogen and oxygen atoms in total. The zero-order chi connectivity index (χ0) is 17.6. The van der Waals surface area contributed by atoms with Gasteiger partial charge in [0.25, 0.3) is 0 Å². The lowest BCUT2D eigenvalue weighted by atomic mass is 10.1. The normalized spacial score (nSPS) is 23.3. The molecule has 0 bridgehead atoms. The van der Waals surface area contributed by atoms with Crippen molar-refractivity contribution in [2.24, 2.45) is 0 Å². The van der Waals surface area contributed by atoms with Crippen molar-refractivity contribution in [2.45, 2.75) is 57.5 Å². The number of halogens is 1. The molecule has 2 atom stereocenters. The zero-order valence-corrected chi connectivity index (χ0v) is 15.2. The van der Waals surface area contributed by atoms with Crippen LogP contribution in [0.2, 0.25) is 0 Å². The maximum atomic E-state index is 13.8. The molecule has 2 fully saturated rings. The predicted octanol–water partition coefficient (Wildman–Crippen LogP) is 3.42. The van der Waals surface area contributed by atoms with E-state index < -0.39 is 0 Å². The van der Waals surface area contributed by atoms with E-state index in [9.17, 15) is 9.18 Å². The molecule has 2 heterocycles. The topological polar surface area (TPSA) is 35.6 Å². The molecule has 2 aliphatic rings. The highest BCUT2D eigenvalue weighted by atomic mass is 19.1. The molecule has 138 valence electrons. The van der Waals surface area contributed by atoms with Crippen LogP contribution in [0.3, 0.4) is 0 Å². The van der Waals surface area contributed by atoms with Gasteiger partial charge in [-0.3, -0.25) is 0 Å². The highest BCUT2D eigenvalue weighted by Crippen LogP contribution is 2.21. The predicted molar refractivity (Wildman–Crippen MR) is 98.1 cm³/mol. The molecular formula is C20H30FN3O. The Morgan fingerprint density at radius 1 is 1.16 bits per heavy atom. The molecule has 3 rings (SSSR count). The van der Waals surface area contributed by atoms with Crippen molar-refractivity contribution in [3.05, 3.63) is 35.6 Å². The molecule has 2 aliphatic heterocycles. The van der Waals surface area contributed by atoms with Crippen molar-refractivity contribution >= 4 is 6.03 Å². The molecule has 1 aromatic rings. The van der Waals surface area contributed by atoms with Crippen molar-refractivity contribution in [3.63, 3.8) is 0 Å². The van der Waals surface area contributed by atoms with E-state index in [1.807, 2.05) is 17.9 Å². The first-order valence-electron chi connectivity index (χ1n) is 9.66. The molecule has 1 aromatic carbocycles. The van der Waals surface area contributed by atoms with E-state index in [2.05, 4.69) is 10.2 Å². The second-order valence-electron chi connectivity index (χ2n) is 7.46. The minimum Gasteiger partial charge on any atom is -0.335 e. The summed E-state index contributed by atoms with van der Waals surface area (Å²) >= 11 is 0. The van der Waals surface area contributed by atoms with Crippen LogP contribution >= 0.6 is 0 Å². The lowest BCUT2D eigenvalue weighted by Crippen LogP contribution is -2.45. The summed E-state index contributed by atoms with van der Waals surface area (Å²) in [4.78, 5) is 17.1. The van der Waals surface area contributed by atoms with Gasteiger partial charge >= 0.3 is 6.03 Å². The number of amides is 2. The third-order valence-corrected chi connectivity index (χ3v) is 5.50. The standard InChI is InChI=1S/C20H30FN3O/c1-16(15-17-7-2-3-9-19(17)21)22-20(25)24-13-6-8-18(10-14-24)23-11-4-5-12-23/h2-3,7,9,16,18H,4-6,8,10-15H2,1H3,(H,22,25). The molecule has 5 heteroatoms. The van der Waals surface area contributed by atoms with Crippen LogP contribution in [0.5, 0.6) is 0 Å². The van der Waals surface area contributed by atoms with Crippen molar-refractivity contribution in [1.82, 2.24) is 15.1 Å². The van der Waals surface area contributed by atoms with Crippen LogP contribution in [0.1, 0.15) is 44.6 Å². The molecule has 2 unspecified atom stereocenters. The maximum absolute atomic E-state index is 13.8. The van der Waals surface area contributed by atoms with Crippen LogP contribution < -0.4 is 5.32 Å². The Balaban J connectivity index is 1.48. The monoisotopic (exact) mass is 347 g/mol. The van der Waals surface area contributed by atoms with Crippen LogP contribution in [0.25, 0.3) is 0 Å². The molecule has 2 saturated heterocycles. The highest BCUT2D eigenvalue weighted by molar-refractivity contribution is 5.74. The highest BCUT2D eigenvalue weighted by Gasteiger charge is 2.26. The van der Waals surface area contributed by atoms with E-state index in [1.54, 1.807) is 12.1 Å². The third-order valence-electron chi connectivity index (χ3n) is 5.50. The SMILES string of the molecule is CC(Cc1ccccc1F)NC(=O)N1CCCC(N2CCCC2)CC1. The quantitative estimate of drug-likeness (QED) is 0.906. The number of urea groups is 1. The van der Waals surface area contributed by atoms with Crippen LogP contribution in [0.4, 0.5) is 9.18 Å². The second-order valence-corrected chi connectivity index (χ2v) is 7.46. The molecular weight excluding hydrogens is 317 g/mol. The van der Waals surface area contributed by atoms with Gasteiger partial charge in [0.1, 0.15) is 5.82 Å². The summed E-state index contributed by atoms with van der Waals surface area (Å²) in [6.07, 6.45) is 6.46. The molecule has 25 heavy (non-hydrogen) atoms. The Labute approximate surface area is 150 Å². The number of benzene rings is 1. The van der Waals surface area contributed by atoms with Crippen LogP contribution in [0.15, 0.2) is 24.3 Å². The largest absolute Gasteiger partial charge is 0.335 e. The van der Waals surface area contributed by atoms with Gasteiger partial charge in [-0.15, -0.1) is 0 Å². The summed E-state index contributed by atoms with van der Waals surface area (Å²) in [5.74, 6) is -0.202. The van der Waals surface area contributed by atoms with Gasteiger partial charge in [-0.05, 0) is 70.2 Å². The summed E-state index contributed by atoms with van der Waals surface area (Å²) in [7, 11) is 0. The minimum absolute atomic E-state index is 0.00842. The van der Waals surface area contributed by atoms with E-state index in [0.29, 0.717) is 18.0 Å². The molecule has 0 spiro atoms. The molecule has 2 amide bonds. The van der Waals surface area contributed by atoms with Crippen molar-refractivity contribution < 1.29 is 9.18 Å². The summed E-state index contributed by atoms with van der Waals surface area (Å²) in [5.41, 5.74) is 0.653. The first kappa shape index (κ1) is 18.2. The second kappa shape index (κ2) is 8.65. The van der Waals surface area contributed by atoms with Gasteiger partial charge in [-0.1, -0.05) is 18.2 Å². The lowest BCUT2D eigenvalue weighted by Gasteiger charge is -2.27. The Hall–Kier alpha value is -1.62. The van der Waals surface area contributed by atoms with E-state index in [1.165, 1.54) is 38.4 Å². The first-order chi connectivity index (χ1) is 12.1. The average molecular weight is 347 g/mol. The van der Waals surface area contributed by atoms with Crippen LogP contribution in [-0.2, 0) is 6.42 Å². The van der Waals surface area contributed by atoms with Gasteiger partial charge in [0, 0.05) is 25.2 Å². The number of hydrogen-bond donors (Lipinski definition) is 1. The number of nitrogens with zero attached hydrogens (tertiary/aromatic N) is 2. The van der Waals surface area contributed by atoms with Gasteiger partial charge in [0.15, 0.2) is 0 Å². The molecule has 0 aromatic heterocycles. The first-order valence-corrected chi connectivity index (χ1v) is 9.66. The average Bonchev–Trinajstić information content (AvgIpc) is 3.01. The third kappa shape index (κ3) is 4.94. The van der Waals surface area contributed by atoms with Gasteiger partial charge in [-0.2, -0.15) is 0 Å². The Bertz CT molecular complexity index is 574. The smallest absolute Gasteiger partial charge is 0.317 e. The van der Waals surface area contributed by atoms with Crippen molar-refractivity contribution in [2.75, 3.05) is 26.2 Å². The lowest BCUT2D eigenvalue weighted by molar-refractivity contribution is 0.191. The summed E-state index contributed by atoms with van der Waals surface area (Å²) < 4.78 is 13.8. The number of carbonyl (C=O) groups is 1. The van der Waals surface area contributed by atoms with E-state index in [4.69, 9.17) is 0 Å². The summed E-state index contributed by atoms with van der Waals surface area (Å²) in [6, 6.07) is 7.32. The van der Waals surface area contributed by atoms with E-state index >= 15 is 0 Å². The van der Waals surface area contributed by atoms with E-state index in [-0.39, 0.29) is 17.9 Å². The summed E-state index contributed by atoms with van der Waals surface area (Å²) in [6.45, 7) is 6.02. The minimum atomic E-state index is -0.202.